The van der Waals surface area contributed by atoms with E-state index >= 15 is 0 Å². The molecule has 0 bridgehead atoms. The highest BCUT2D eigenvalue weighted by atomic mass is 32.2. The minimum atomic E-state index is -0.0716. The van der Waals surface area contributed by atoms with Gasteiger partial charge in [-0.1, -0.05) is 26.7 Å². The maximum atomic E-state index is 11.7. The maximum absolute atomic E-state index is 11.7. The number of hydrogen-bond acceptors (Lipinski definition) is 4. The van der Waals surface area contributed by atoms with E-state index in [2.05, 4.69) is 21.5 Å². The summed E-state index contributed by atoms with van der Waals surface area (Å²) in [6.45, 7) is 4.07. The molecule has 2 N–H and O–H groups in total. The lowest BCUT2D eigenvalue weighted by molar-refractivity contribution is 0.474. The van der Waals surface area contributed by atoms with Gasteiger partial charge in [0.05, 0.1) is 0 Å². The van der Waals surface area contributed by atoms with Crippen LogP contribution in [0.3, 0.4) is 0 Å². The average molecular weight is 281 g/mol. The summed E-state index contributed by atoms with van der Waals surface area (Å²) in [6.07, 6.45) is 7.14. The van der Waals surface area contributed by atoms with Gasteiger partial charge in [0.1, 0.15) is 11.6 Å². The minimum Gasteiger partial charge on any atom is -0.366 e. The summed E-state index contributed by atoms with van der Waals surface area (Å²) in [4.78, 5) is 19.0. The highest BCUT2D eigenvalue weighted by Gasteiger charge is 2.24. The third-order valence-electron chi connectivity index (χ3n) is 3.65. The standard InChI is InChI=1S/C14H23N3OS/c1-9(2)14-16-12(8-13(18)17-14)15-10-6-4-5-7-11(10)19-3/h8-11H,4-7H2,1-3H3,(H2,15,16,17,18). The first kappa shape index (κ1) is 14.4. The third-order valence-corrected chi connectivity index (χ3v) is 4.82. The second kappa shape index (κ2) is 6.46. The number of aromatic nitrogens is 2. The van der Waals surface area contributed by atoms with Crippen molar-refractivity contribution in [1.82, 2.24) is 9.97 Å². The second-order valence-electron chi connectivity index (χ2n) is 5.48. The molecule has 0 amide bonds. The Balaban J connectivity index is 2.15. The van der Waals surface area contributed by atoms with Gasteiger partial charge < -0.3 is 10.3 Å². The van der Waals surface area contributed by atoms with E-state index in [-0.39, 0.29) is 11.5 Å². The lowest BCUT2D eigenvalue weighted by Crippen LogP contribution is -2.35. The number of rotatable bonds is 4. The summed E-state index contributed by atoms with van der Waals surface area (Å²) >= 11 is 1.91. The van der Waals surface area contributed by atoms with Crippen molar-refractivity contribution >= 4 is 17.6 Å². The summed E-state index contributed by atoms with van der Waals surface area (Å²) in [5.74, 6) is 1.71. The van der Waals surface area contributed by atoms with Crippen LogP contribution in [0.1, 0.15) is 51.3 Å². The zero-order valence-corrected chi connectivity index (χ0v) is 12.7. The van der Waals surface area contributed by atoms with Gasteiger partial charge in [0.2, 0.25) is 0 Å². The summed E-state index contributed by atoms with van der Waals surface area (Å²) in [5, 5.41) is 4.09. The normalized spacial score (nSPS) is 23.6. The fraction of sp³-hybridized carbons (Fsp3) is 0.714. The molecule has 106 valence electrons. The largest absolute Gasteiger partial charge is 0.366 e. The van der Waals surface area contributed by atoms with Crippen LogP contribution in [0.25, 0.3) is 0 Å². The first-order valence-electron chi connectivity index (χ1n) is 7.00. The summed E-state index contributed by atoms with van der Waals surface area (Å²) in [7, 11) is 0. The molecule has 4 nitrogen and oxygen atoms in total. The number of H-pyrrole nitrogens is 1. The van der Waals surface area contributed by atoms with Crippen molar-refractivity contribution in [1.29, 1.82) is 0 Å². The van der Waals surface area contributed by atoms with Crippen LogP contribution < -0.4 is 10.9 Å². The first-order valence-corrected chi connectivity index (χ1v) is 8.29. The van der Waals surface area contributed by atoms with Crippen LogP contribution in [0.2, 0.25) is 0 Å². The van der Waals surface area contributed by atoms with E-state index in [0.29, 0.717) is 11.3 Å². The van der Waals surface area contributed by atoms with Crippen LogP contribution in [0.5, 0.6) is 0 Å². The van der Waals surface area contributed by atoms with Crippen LogP contribution >= 0.6 is 11.8 Å². The van der Waals surface area contributed by atoms with Crippen LogP contribution in [0.4, 0.5) is 5.82 Å². The van der Waals surface area contributed by atoms with E-state index < -0.39 is 0 Å². The van der Waals surface area contributed by atoms with E-state index in [1.807, 2.05) is 25.6 Å². The molecular formula is C14H23N3OS. The first-order chi connectivity index (χ1) is 9.10. The van der Waals surface area contributed by atoms with E-state index in [0.717, 1.165) is 18.1 Å². The van der Waals surface area contributed by atoms with Gasteiger partial charge in [0.25, 0.3) is 5.56 Å². The molecule has 0 saturated heterocycles. The number of aromatic amines is 1. The third kappa shape index (κ3) is 3.75. The quantitative estimate of drug-likeness (QED) is 0.891. The molecule has 1 aromatic heterocycles. The van der Waals surface area contributed by atoms with E-state index in [4.69, 9.17) is 0 Å². The van der Waals surface area contributed by atoms with Crippen molar-refractivity contribution in [3.63, 3.8) is 0 Å². The Labute approximate surface area is 118 Å². The highest BCUT2D eigenvalue weighted by molar-refractivity contribution is 7.99. The SMILES string of the molecule is CSC1CCCCC1Nc1cc(=O)[nH]c(C(C)C)n1. The number of anilines is 1. The van der Waals surface area contributed by atoms with Gasteiger partial charge in [-0.05, 0) is 19.1 Å². The van der Waals surface area contributed by atoms with E-state index in [1.165, 1.54) is 19.3 Å². The molecule has 1 aliphatic carbocycles. The van der Waals surface area contributed by atoms with Crippen molar-refractivity contribution in [2.45, 2.75) is 56.7 Å². The fourth-order valence-corrected chi connectivity index (χ4v) is 3.49. The smallest absolute Gasteiger partial charge is 0.252 e. The van der Waals surface area contributed by atoms with Crippen LogP contribution in [-0.2, 0) is 0 Å². The highest BCUT2D eigenvalue weighted by Crippen LogP contribution is 2.29. The Kier molecular flexibility index (Phi) is 4.91. The van der Waals surface area contributed by atoms with Crippen LogP contribution in [-0.4, -0.2) is 27.5 Å². The molecule has 1 aliphatic rings. The topological polar surface area (TPSA) is 57.8 Å². The molecule has 1 aromatic rings. The summed E-state index contributed by atoms with van der Waals surface area (Å²) in [6, 6.07) is 2.00. The van der Waals surface area contributed by atoms with E-state index in [9.17, 15) is 4.79 Å². The van der Waals surface area contributed by atoms with Crippen molar-refractivity contribution in [2.24, 2.45) is 0 Å². The molecule has 0 radical (unpaired) electrons. The predicted molar refractivity (Wildman–Crippen MR) is 82.1 cm³/mol. The number of nitrogens with zero attached hydrogens (tertiary/aromatic N) is 1. The number of hydrogen-bond donors (Lipinski definition) is 2. The van der Waals surface area contributed by atoms with Gasteiger partial charge >= 0.3 is 0 Å². The van der Waals surface area contributed by atoms with Crippen molar-refractivity contribution in [3.8, 4) is 0 Å². The van der Waals surface area contributed by atoms with Crippen LogP contribution in [0, 0.1) is 0 Å². The van der Waals surface area contributed by atoms with Gasteiger partial charge in [0, 0.05) is 23.3 Å². The van der Waals surface area contributed by atoms with E-state index in [1.54, 1.807) is 6.07 Å². The molecule has 2 atom stereocenters. The monoisotopic (exact) mass is 281 g/mol. The molecule has 2 rings (SSSR count). The lowest BCUT2D eigenvalue weighted by atomic mass is 9.95. The molecule has 0 spiro atoms. The Morgan fingerprint density at radius 1 is 1.42 bits per heavy atom. The fourth-order valence-electron chi connectivity index (χ4n) is 2.56. The van der Waals surface area contributed by atoms with Crippen molar-refractivity contribution in [3.05, 3.63) is 22.2 Å². The summed E-state index contributed by atoms with van der Waals surface area (Å²) in [5.41, 5.74) is -0.0716. The molecule has 5 heteroatoms. The number of nitrogens with one attached hydrogen (secondary N) is 2. The van der Waals surface area contributed by atoms with Gasteiger partial charge in [-0.3, -0.25) is 4.79 Å². The Hall–Kier alpha value is -0.970. The maximum Gasteiger partial charge on any atom is 0.252 e. The zero-order chi connectivity index (χ0) is 13.8. The second-order valence-corrected chi connectivity index (χ2v) is 6.56. The molecule has 2 unspecified atom stereocenters. The lowest BCUT2D eigenvalue weighted by Gasteiger charge is -2.31. The molecule has 0 aliphatic heterocycles. The summed E-state index contributed by atoms with van der Waals surface area (Å²) < 4.78 is 0. The Bertz CT molecular complexity index is 472. The van der Waals surface area contributed by atoms with Crippen molar-refractivity contribution in [2.75, 3.05) is 11.6 Å². The number of thioether (sulfide) groups is 1. The zero-order valence-electron chi connectivity index (χ0n) is 11.9. The molecular weight excluding hydrogens is 258 g/mol. The molecule has 1 fully saturated rings. The molecule has 1 heterocycles. The van der Waals surface area contributed by atoms with Gasteiger partial charge in [-0.25, -0.2) is 4.98 Å². The molecule has 0 aromatic carbocycles. The molecule has 1 saturated carbocycles. The minimum absolute atomic E-state index is 0.0716. The Morgan fingerprint density at radius 3 is 2.84 bits per heavy atom. The predicted octanol–water partition coefficient (Wildman–Crippen LogP) is 2.98. The van der Waals surface area contributed by atoms with Gasteiger partial charge in [-0.15, -0.1) is 0 Å². The Morgan fingerprint density at radius 2 is 2.16 bits per heavy atom. The average Bonchev–Trinajstić information content (AvgIpc) is 2.38. The van der Waals surface area contributed by atoms with Gasteiger partial charge in [-0.2, -0.15) is 11.8 Å². The van der Waals surface area contributed by atoms with Crippen molar-refractivity contribution < 1.29 is 0 Å². The van der Waals surface area contributed by atoms with Gasteiger partial charge in [0.15, 0.2) is 0 Å². The molecule has 19 heavy (non-hydrogen) atoms. The van der Waals surface area contributed by atoms with Crippen LogP contribution in [0.15, 0.2) is 10.9 Å².